The maximum Gasteiger partial charge on any atom is 0.337 e. The van der Waals surface area contributed by atoms with Crippen LogP contribution in [0.5, 0.6) is 5.75 Å². The third-order valence-electron chi connectivity index (χ3n) is 3.51. The molecule has 0 amide bonds. The van der Waals surface area contributed by atoms with E-state index in [-0.39, 0.29) is 11.6 Å². The summed E-state index contributed by atoms with van der Waals surface area (Å²) in [6, 6.07) is 5.09. The highest BCUT2D eigenvalue weighted by molar-refractivity contribution is 5.94. The van der Waals surface area contributed by atoms with Crippen molar-refractivity contribution in [3.8, 4) is 5.75 Å². The maximum absolute atomic E-state index is 11.2. The van der Waals surface area contributed by atoms with Crippen LogP contribution in [0.1, 0.15) is 23.7 Å². The zero-order valence-corrected chi connectivity index (χ0v) is 11.2. The van der Waals surface area contributed by atoms with Crippen molar-refractivity contribution in [2.24, 2.45) is 5.92 Å². The molecule has 1 aromatic rings. The molecule has 0 bridgehead atoms. The van der Waals surface area contributed by atoms with Crippen molar-refractivity contribution in [3.63, 3.8) is 0 Å². The van der Waals surface area contributed by atoms with Crippen LogP contribution in [0.2, 0.25) is 0 Å². The van der Waals surface area contributed by atoms with Crippen LogP contribution in [0, 0.1) is 5.92 Å². The van der Waals surface area contributed by atoms with Gasteiger partial charge < -0.3 is 19.9 Å². The highest BCUT2D eigenvalue weighted by Gasteiger charge is 2.23. The molecule has 0 aliphatic carbocycles. The number of carbonyl (C=O) groups is 1. The minimum atomic E-state index is -0.944. The number of carboxylic acid groups (broad SMARTS) is 1. The quantitative estimate of drug-likeness (QED) is 0.854. The zero-order chi connectivity index (χ0) is 13.8. The molecule has 0 saturated carbocycles. The molecular weight excluding hydrogens is 246 g/mol. The Bertz CT molecular complexity index is 455. The Balaban J connectivity index is 2.18. The third-order valence-corrected chi connectivity index (χ3v) is 3.51. The number of benzene rings is 1. The van der Waals surface area contributed by atoms with Crippen LogP contribution < -0.4 is 10.1 Å². The molecule has 1 fully saturated rings. The highest BCUT2D eigenvalue weighted by Crippen LogP contribution is 2.26. The lowest BCUT2D eigenvalue weighted by Crippen LogP contribution is -2.27. The lowest BCUT2D eigenvalue weighted by Gasteiger charge is -2.22. The van der Waals surface area contributed by atoms with E-state index in [1.54, 1.807) is 25.3 Å². The number of rotatable bonds is 5. The van der Waals surface area contributed by atoms with Gasteiger partial charge in [0.1, 0.15) is 5.75 Å². The average molecular weight is 265 g/mol. The summed E-state index contributed by atoms with van der Waals surface area (Å²) < 4.78 is 10.5. The van der Waals surface area contributed by atoms with Crippen molar-refractivity contribution in [1.29, 1.82) is 0 Å². The molecule has 1 saturated heterocycles. The second kappa shape index (κ2) is 5.93. The molecule has 2 unspecified atom stereocenters. The molecule has 1 heterocycles. The van der Waals surface area contributed by atoms with Crippen LogP contribution in [-0.4, -0.2) is 37.4 Å². The summed E-state index contributed by atoms with van der Waals surface area (Å²) in [6.07, 6.45) is 1.00. The van der Waals surface area contributed by atoms with Crippen molar-refractivity contribution in [3.05, 3.63) is 23.8 Å². The van der Waals surface area contributed by atoms with E-state index in [0.717, 1.165) is 19.6 Å². The van der Waals surface area contributed by atoms with Gasteiger partial charge in [0.25, 0.3) is 0 Å². The Morgan fingerprint density at radius 3 is 2.95 bits per heavy atom. The second-order valence-corrected chi connectivity index (χ2v) is 4.77. The van der Waals surface area contributed by atoms with Gasteiger partial charge in [-0.2, -0.15) is 0 Å². The first kappa shape index (κ1) is 13.7. The fraction of sp³-hybridized carbons (Fsp3) is 0.500. The molecule has 1 aliphatic heterocycles. The second-order valence-electron chi connectivity index (χ2n) is 4.77. The van der Waals surface area contributed by atoms with Gasteiger partial charge in [0.2, 0.25) is 0 Å². The van der Waals surface area contributed by atoms with E-state index in [2.05, 4.69) is 5.32 Å². The molecule has 2 N–H and O–H groups in total. The maximum atomic E-state index is 11.2. The van der Waals surface area contributed by atoms with Gasteiger partial charge in [-0.3, -0.25) is 0 Å². The van der Waals surface area contributed by atoms with Gasteiger partial charge in [-0.1, -0.05) is 0 Å². The number of anilines is 1. The summed E-state index contributed by atoms with van der Waals surface area (Å²) in [5.41, 5.74) is 0.845. The first-order chi connectivity index (χ1) is 9.11. The van der Waals surface area contributed by atoms with Crippen LogP contribution in [0.4, 0.5) is 5.69 Å². The van der Waals surface area contributed by atoms with E-state index in [1.165, 1.54) is 0 Å². The standard InChI is InChI=1S/C14H19NO4/c1-9(10-5-6-19-8-10)15-13-7-11(18-2)3-4-12(13)14(16)17/h3-4,7,9-10,15H,5-6,8H2,1-2H3,(H,16,17). The number of nitrogens with one attached hydrogen (secondary N) is 1. The van der Waals surface area contributed by atoms with Crippen LogP contribution in [0.15, 0.2) is 18.2 Å². The molecule has 5 heteroatoms. The molecule has 0 radical (unpaired) electrons. The van der Waals surface area contributed by atoms with Gasteiger partial charge in [-0.25, -0.2) is 4.79 Å². The molecule has 1 aromatic carbocycles. The highest BCUT2D eigenvalue weighted by atomic mass is 16.5. The molecule has 1 aliphatic rings. The monoisotopic (exact) mass is 265 g/mol. The predicted octanol–water partition coefficient (Wildman–Crippen LogP) is 2.23. The van der Waals surface area contributed by atoms with E-state index in [1.807, 2.05) is 6.92 Å². The molecule has 0 spiro atoms. The van der Waals surface area contributed by atoms with Crippen molar-refractivity contribution in [1.82, 2.24) is 0 Å². The minimum Gasteiger partial charge on any atom is -0.497 e. The molecule has 0 aromatic heterocycles. The number of ether oxygens (including phenoxy) is 2. The Kier molecular flexibility index (Phi) is 4.27. The van der Waals surface area contributed by atoms with E-state index in [0.29, 0.717) is 17.4 Å². The Morgan fingerprint density at radius 1 is 1.58 bits per heavy atom. The lowest BCUT2D eigenvalue weighted by molar-refractivity contribution is 0.0698. The minimum absolute atomic E-state index is 0.160. The normalized spacial score (nSPS) is 20.0. The molecule has 104 valence electrons. The van der Waals surface area contributed by atoms with Crippen molar-refractivity contribution < 1.29 is 19.4 Å². The predicted molar refractivity (Wildman–Crippen MR) is 72.0 cm³/mol. The van der Waals surface area contributed by atoms with Gasteiger partial charge in [0.15, 0.2) is 0 Å². The summed E-state index contributed by atoms with van der Waals surface area (Å²) >= 11 is 0. The van der Waals surface area contributed by atoms with Crippen molar-refractivity contribution in [2.75, 3.05) is 25.6 Å². The number of hydrogen-bond acceptors (Lipinski definition) is 4. The van der Waals surface area contributed by atoms with E-state index >= 15 is 0 Å². The Morgan fingerprint density at radius 2 is 2.37 bits per heavy atom. The van der Waals surface area contributed by atoms with Gasteiger partial charge in [-0.15, -0.1) is 0 Å². The van der Waals surface area contributed by atoms with E-state index in [9.17, 15) is 9.90 Å². The summed E-state index contributed by atoms with van der Waals surface area (Å²) in [5.74, 6) is 0.107. The first-order valence-electron chi connectivity index (χ1n) is 6.37. The Labute approximate surface area is 112 Å². The van der Waals surface area contributed by atoms with Gasteiger partial charge in [-0.05, 0) is 25.5 Å². The topological polar surface area (TPSA) is 67.8 Å². The van der Waals surface area contributed by atoms with Crippen LogP contribution >= 0.6 is 0 Å². The molecule has 2 rings (SSSR count). The zero-order valence-electron chi connectivity index (χ0n) is 11.2. The lowest BCUT2D eigenvalue weighted by atomic mass is 10.00. The van der Waals surface area contributed by atoms with Crippen LogP contribution in [0.3, 0.4) is 0 Å². The number of aromatic carboxylic acids is 1. The Hall–Kier alpha value is -1.75. The summed E-state index contributed by atoms with van der Waals surface area (Å²) in [6.45, 7) is 3.55. The van der Waals surface area contributed by atoms with Crippen LogP contribution in [0.25, 0.3) is 0 Å². The molecule has 2 atom stereocenters. The third kappa shape index (κ3) is 3.17. The molecular formula is C14H19NO4. The smallest absolute Gasteiger partial charge is 0.337 e. The largest absolute Gasteiger partial charge is 0.497 e. The average Bonchev–Trinajstić information content (AvgIpc) is 2.92. The fourth-order valence-electron chi connectivity index (χ4n) is 2.27. The van der Waals surface area contributed by atoms with E-state index < -0.39 is 5.97 Å². The summed E-state index contributed by atoms with van der Waals surface area (Å²) in [5, 5.41) is 12.5. The number of carboxylic acids is 1. The summed E-state index contributed by atoms with van der Waals surface area (Å²) in [7, 11) is 1.56. The van der Waals surface area contributed by atoms with E-state index in [4.69, 9.17) is 9.47 Å². The van der Waals surface area contributed by atoms with Gasteiger partial charge in [0, 0.05) is 24.6 Å². The van der Waals surface area contributed by atoms with Crippen molar-refractivity contribution in [2.45, 2.75) is 19.4 Å². The van der Waals surface area contributed by atoms with Gasteiger partial charge >= 0.3 is 5.97 Å². The van der Waals surface area contributed by atoms with Crippen molar-refractivity contribution >= 4 is 11.7 Å². The molecule has 5 nitrogen and oxygen atoms in total. The SMILES string of the molecule is COc1ccc(C(=O)O)c(NC(C)C2CCOC2)c1. The first-order valence-corrected chi connectivity index (χ1v) is 6.37. The molecule has 19 heavy (non-hydrogen) atoms. The van der Waals surface area contributed by atoms with Crippen LogP contribution in [-0.2, 0) is 4.74 Å². The number of hydrogen-bond donors (Lipinski definition) is 2. The number of methoxy groups -OCH3 is 1. The fourth-order valence-corrected chi connectivity index (χ4v) is 2.27. The summed E-state index contributed by atoms with van der Waals surface area (Å²) in [4.78, 5) is 11.2. The van der Waals surface area contributed by atoms with Gasteiger partial charge in [0.05, 0.1) is 25.0 Å².